The smallest absolute Gasteiger partial charge is 0.267 e. The molecule has 13 heteroatoms. The van der Waals surface area contributed by atoms with E-state index >= 15 is 0 Å². The van der Waals surface area contributed by atoms with Crippen molar-refractivity contribution in [2.24, 2.45) is 0 Å². The van der Waals surface area contributed by atoms with Gasteiger partial charge in [-0.1, -0.05) is 30.0 Å². The molecule has 2 aromatic heterocycles. The molecule has 0 bridgehead atoms. The summed E-state index contributed by atoms with van der Waals surface area (Å²) in [4.78, 5) is 37.4. The molecule has 0 aromatic carbocycles. The number of thioether (sulfide) groups is 1. The maximum Gasteiger partial charge on any atom is 0.267 e. The second-order valence-corrected chi connectivity index (χ2v) is 12.6. The van der Waals surface area contributed by atoms with E-state index in [4.69, 9.17) is 17.2 Å². The quantitative estimate of drug-likeness (QED) is 0.420. The summed E-state index contributed by atoms with van der Waals surface area (Å²) in [6.07, 6.45) is 3.54. The molecule has 3 aliphatic heterocycles. The fraction of sp³-hybridized carbons (Fsp3) is 0.455. The summed E-state index contributed by atoms with van der Waals surface area (Å²) in [7, 11) is -3.19. The summed E-state index contributed by atoms with van der Waals surface area (Å²) < 4.78 is 25.7. The number of amides is 1. The van der Waals surface area contributed by atoms with E-state index in [9.17, 15) is 23.1 Å². The normalized spacial score (nSPS) is 24.3. The number of hydrogen-bond acceptors (Lipinski definition) is 10. The lowest BCUT2D eigenvalue weighted by molar-refractivity contribution is -0.123. The van der Waals surface area contributed by atoms with Gasteiger partial charge in [-0.2, -0.15) is 0 Å². The number of aliphatic hydroxyl groups is 1. The zero-order valence-corrected chi connectivity index (χ0v) is 21.3. The average Bonchev–Trinajstić information content (AvgIpc) is 3.33. The molecule has 3 saturated heterocycles. The van der Waals surface area contributed by atoms with E-state index in [0.29, 0.717) is 60.5 Å². The topological polar surface area (TPSA) is 116 Å². The Labute approximate surface area is 212 Å². The fourth-order valence-electron chi connectivity index (χ4n) is 4.69. The highest BCUT2D eigenvalue weighted by Gasteiger charge is 2.42. The van der Waals surface area contributed by atoms with Gasteiger partial charge in [0.1, 0.15) is 15.8 Å². The molecule has 3 aliphatic rings. The van der Waals surface area contributed by atoms with Crippen LogP contribution in [0.25, 0.3) is 11.7 Å². The van der Waals surface area contributed by atoms with Gasteiger partial charge in [-0.05, 0) is 24.6 Å². The average molecular weight is 536 g/mol. The van der Waals surface area contributed by atoms with Crippen LogP contribution >= 0.6 is 24.0 Å². The van der Waals surface area contributed by atoms with Crippen LogP contribution in [0.2, 0.25) is 0 Å². The maximum atomic E-state index is 13.5. The number of hydrogen-bond donors (Lipinski definition) is 1. The van der Waals surface area contributed by atoms with Crippen molar-refractivity contribution >= 4 is 61.6 Å². The monoisotopic (exact) mass is 535 g/mol. The van der Waals surface area contributed by atoms with Gasteiger partial charge in [0.2, 0.25) is 0 Å². The number of β-amino-alcohol motifs (C(OH)–C–C–N with tert-alkyl or cyclic N) is 1. The number of thiocarbonyl (C=S) groups is 1. The van der Waals surface area contributed by atoms with Crippen LogP contribution in [0, 0.1) is 0 Å². The Morgan fingerprint density at radius 2 is 1.97 bits per heavy atom. The van der Waals surface area contributed by atoms with E-state index in [-0.39, 0.29) is 34.5 Å². The van der Waals surface area contributed by atoms with Gasteiger partial charge in [-0.3, -0.25) is 23.8 Å². The Hall–Kier alpha value is -2.32. The molecular weight excluding hydrogens is 510 g/mol. The molecule has 3 fully saturated rings. The number of nitrogens with zero attached hydrogens (tertiary/aromatic N) is 5. The van der Waals surface area contributed by atoms with Gasteiger partial charge in [0, 0.05) is 38.9 Å². The molecular formula is C22H25N5O5S3. The van der Waals surface area contributed by atoms with Crippen LogP contribution in [0.3, 0.4) is 0 Å². The van der Waals surface area contributed by atoms with Gasteiger partial charge in [0.15, 0.2) is 9.84 Å². The molecule has 35 heavy (non-hydrogen) atoms. The summed E-state index contributed by atoms with van der Waals surface area (Å²) in [5.74, 6) is 0.0591. The third-order valence-corrected chi connectivity index (χ3v) is 9.59. The number of fused-ring (bicyclic) bond motifs is 1. The SMILES string of the molecule is O=C1/C(=C\c2c(N3CCN(CCO)CC3)nc3ccccn3c2=O)SC(=S)N1C1CCS(=O)(=O)C1. The third kappa shape index (κ3) is 4.75. The van der Waals surface area contributed by atoms with Gasteiger partial charge in [0.05, 0.1) is 34.6 Å². The zero-order chi connectivity index (χ0) is 24.7. The van der Waals surface area contributed by atoms with E-state index < -0.39 is 15.9 Å². The number of sulfone groups is 1. The predicted molar refractivity (Wildman–Crippen MR) is 139 cm³/mol. The Balaban J connectivity index is 1.53. The third-order valence-electron chi connectivity index (χ3n) is 6.51. The van der Waals surface area contributed by atoms with Crippen LogP contribution in [-0.4, -0.2) is 99.8 Å². The van der Waals surface area contributed by atoms with Crippen LogP contribution < -0.4 is 10.5 Å². The standard InChI is InChI=1S/C22H25N5O5S3/c28-11-10-24-6-8-25(9-7-24)19-16(20(29)26-5-2-1-3-18(26)23-19)13-17-21(30)27(22(33)34-17)15-4-12-35(31,32)14-15/h1-3,5,13,15,28H,4,6-12,14H2/b17-13+. The predicted octanol–water partition coefficient (Wildman–Crippen LogP) is 0.197. The lowest BCUT2D eigenvalue weighted by Gasteiger charge is -2.35. The molecule has 5 heterocycles. The van der Waals surface area contributed by atoms with Gasteiger partial charge in [-0.15, -0.1) is 0 Å². The van der Waals surface area contributed by atoms with Crippen LogP contribution in [0.1, 0.15) is 12.0 Å². The lowest BCUT2D eigenvalue weighted by Crippen LogP contribution is -2.48. The highest BCUT2D eigenvalue weighted by Crippen LogP contribution is 2.37. The number of rotatable bonds is 5. The Morgan fingerprint density at radius 1 is 1.20 bits per heavy atom. The summed E-state index contributed by atoms with van der Waals surface area (Å²) in [5.41, 5.74) is 0.507. The number of carbonyl (C=O) groups is 1. The van der Waals surface area contributed by atoms with Crippen LogP contribution in [0.5, 0.6) is 0 Å². The number of pyridine rings is 1. The number of anilines is 1. The molecule has 1 amide bonds. The minimum Gasteiger partial charge on any atom is -0.395 e. The highest BCUT2D eigenvalue weighted by molar-refractivity contribution is 8.26. The van der Waals surface area contributed by atoms with Gasteiger partial charge >= 0.3 is 0 Å². The number of aromatic nitrogens is 2. The summed E-state index contributed by atoms with van der Waals surface area (Å²) >= 11 is 6.51. The summed E-state index contributed by atoms with van der Waals surface area (Å²) in [5, 5.41) is 9.23. The Kier molecular flexibility index (Phi) is 6.70. The molecule has 10 nitrogen and oxygen atoms in total. The summed E-state index contributed by atoms with van der Waals surface area (Å²) in [6.45, 7) is 3.36. The zero-order valence-electron chi connectivity index (χ0n) is 18.9. The van der Waals surface area contributed by atoms with Crippen molar-refractivity contribution in [3.05, 3.63) is 45.2 Å². The first-order chi connectivity index (χ1) is 16.8. The van der Waals surface area contributed by atoms with E-state index in [1.54, 1.807) is 24.4 Å². The highest BCUT2D eigenvalue weighted by atomic mass is 32.2. The second-order valence-electron chi connectivity index (χ2n) is 8.74. The molecule has 1 N–H and O–H groups in total. The van der Waals surface area contributed by atoms with E-state index in [1.807, 2.05) is 11.0 Å². The van der Waals surface area contributed by atoms with Crippen molar-refractivity contribution in [3.63, 3.8) is 0 Å². The van der Waals surface area contributed by atoms with Crippen molar-refractivity contribution in [2.75, 3.05) is 55.7 Å². The van der Waals surface area contributed by atoms with E-state index in [2.05, 4.69) is 4.90 Å². The maximum absolute atomic E-state index is 13.5. The fourth-order valence-corrected chi connectivity index (χ4v) is 7.77. The molecule has 0 aliphatic carbocycles. The van der Waals surface area contributed by atoms with Crippen molar-refractivity contribution in [2.45, 2.75) is 12.5 Å². The van der Waals surface area contributed by atoms with Crippen molar-refractivity contribution in [3.8, 4) is 0 Å². The van der Waals surface area contributed by atoms with Crippen molar-refractivity contribution in [1.82, 2.24) is 19.2 Å². The number of piperazine rings is 1. The van der Waals surface area contributed by atoms with Gasteiger partial charge in [-0.25, -0.2) is 13.4 Å². The van der Waals surface area contributed by atoms with E-state index in [1.165, 1.54) is 9.30 Å². The molecule has 0 radical (unpaired) electrons. The lowest BCUT2D eigenvalue weighted by atomic mass is 10.2. The summed E-state index contributed by atoms with van der Waals surface area (Å²) in [6, 6.07) is 4.84. The molecule has 1 unspecified atom stereocenters. The number of carbonyl (C=O) groups excluding carboxylic acids is 1. The molecule has 186 valence electrons. The Bertz CT molecular complexity index is 1380. The van der Waals surface area contributed by atoms with Gasteiger partial charge < -0.3 is 10.0 Å². The number of aliphatic hydroxyl groups excluding tert-OH is 1. The minimum atomic E-state index is -3.19. The second kappa shape index (κ2) is 9.62. The van der Waals surface area contributed by atoms with Crippen molar-refractivity contribution in [1.29, 1.82) is 0 Å². The van der Waals surface area contributed by atoms with Crippen LogP contribution in [0.15, 0.2) is 34.1 Å². The van der Waals surface area contributed by atoms with Crippen LogP contribution in [-0.2, 0) is 14.6 Å². The van der Waals surface area contributed by atoms with Crippen molar-refractivity contribution < 1.29 is 18.3 Å². The minimum absolute atomic E-state index is 0.0378. The molecule has 2 aromatic rings. The molecule has 0 spiro atoms. The first kappa shape index (κ1) is 24.4. The molecule has 1 atom stereocenters. The van der Waals surface area contributed by atoms with Crippen LogP contribution in [0.4, 0.5) is 5.82 Å². The molecule has 5 rings (SSSR count). The first-order valence-electron chi connectivity index (χ1n) is 11.3. The van der Waals surface area contributed by atoms with Gasteiger partial charge in [0.25, 0.3) is 11.5 Å². The van der Waals surface area contributed by atoms with E-state index in [0.717, 1.165) is 11.8 Å². The molecule has 0 saturated carbocycles. The first-order valence-corrected chi connectivity index (χ1v) is 14.4. The largest absolute Gasteiger partial charge is 0.395 e. The Morgan fingerprint density at radius 3 is 2.66 bits per heavy atom.